The van der Waals surface area contributed by atoms with Crippen LogP contribution in [0.5, 0.6) is 0 Å². The van der Waals surface area contributed by atoms with Gasteiger partial charge in [0.15, 0.2) is 5.78 Å². The van der Waals surface area contributed by atoms with E-state index in [0.29, 0.717) is 0 Å². The van der Waals surface area contributed by atoms with E-state index in [9.17, 15) is 4.79 Å². The smallest absolute Gasteiger partial charge is 0.750 e. The van der Waals surface area contributed by atoms with Gasteiger partial charge in [-0.05, 0) is 0 Å². The quantitative estimate of drug-likeness (QED) is 0.450. The van der Waals surface area contributed by atoms with Gasteiger partial charge in [-0.2, -0.15) is 0 Å². The van der Waals surface area contributed by atoms with E-state index < -0.39 is 11.4 Å². The minimum Gasteiger partial charge on any atom is -0.750 e. The van der Waals surface area contributed by atoms with E-state index in [2.05, 4.69) is 0 Å². The number of benzene rings is 2. The number of hydrogen-bond acceptors (Lipinski definition) is 3. The van der Waals surface area contributed by atoms with Gasteiger partial charge in [-0.1, -0.05) is 60.7 Å². The Morgan fingerprint density at radius 2 is 1.16 bits per heavy atom. The van der Waals surface area contributed by atoms with Crippen LogP contribution in [0, 0.1) is 0 Å². The van der Waals surface area contributed by atoms with Crippen LogP contribution in [0.3, 0.4) is 0 Å². The summed E-state index contributed by atoms with van der Waals surface area (Å²) in [6.07, 6.45) is 0. The van der Waals surface area contributed by atoms with Gasteiger partial charge in [-0.3, -0.25) is 4.79 Å². The topological polar surface area (TPSA) is 77.4 Å². The summed E-state index contributed by atoms with van der Waals surface area (Å²) < 4.78 is 24.1. The van der Waals surface area contributed by atoms with E-state index in [1.54, 1.807) is 0 Å². The first-order valence-electron chi connectivity index (χ1n) is 5.04. The van der Waals surface area contributed by atoms with Crippen molar-refractivity contribution >= 4 is 17.1 Å². The van der Waals surface area contributed by atoms with Gasteiger partial charge in [0.25, 0.3) is 0 Å². The first-order chi connectivity index (χ1) is 8.61. The fourth-order valence-corrected chi connectivity index (χ4v) is 1.35. The van der Waals surface area contributed by atoms with Crippen molar-refractivity contribution in [3.8, 4) is 0 Å². The zero-order valence-electron chi connectivity index (χ0n) is 10.4. The normalized spacial score (nSPS) is 10.4. The number of rotatable bonds is 2. The van der Waals surface area contributed by atoms with Crippen LogP contribution in [0.1, 0.15) is 15.9 Å². The van der Waals surface area contributed by atoms with Crippen LogP contribution in [0.4, 0.5) is 0 Å². The molecule has 0 aromatic heterocycles. The maximum absolute atomic E-state index is 11.8. The van der Waals surface area contributed by atoms with E-state index in [4.69, 9.17) is 13.3 Å². The number of hydrogen-bond donors (Lipinski definition) is 1. The zero-order chi connectivity index (χ0) is 13.4. The third-order valence-electron chi connectivity index (χ3n) is 2.07. The molecule has 1 atom stereocenters. The fraction of sp³-hybridized carbons (Fsp3) is 0. The van der Waals surface area contributed by atoms with Gasteiger partial charge in [-0.15, -0.1) is 0 Å². The molecule has 0 saturated carbocycles. The summed E-state index contributed by atoms with van der Waals surface area (Å²) in [5.74, 6) is 0.0752. The number of carbonyl (C=O) groups excluding carboxylic acids is 1. The Morgan fingerprint density at radius 3 is 1.42 bits per heavy atom. The van der Waals surface area contributed by atoms with Crippen LogP contribution in [0.2, 0.25) is 0 Å². The Balaban J connectivity index is 0.000000576. The van der Waals surface area contributed by atoms with Crippen molar-refractivity contribution in [3.63, 3.8) is 0 Å². The standard InChI is InChI=1S/C13H10O.K.H2O3S/c14-13(11-7-3-1-4-8-11)12-9-5-2-6-10-12;;1-4(2)3/h1-10H;;(H2,1,2,3)/q;+1;/p-1. The van der Waals surface area contributed by atoms with Crippen LogP contribution < -0.4 is 51.4 Å². The van der Waals surface area contributed by atoms with Crippen molar-refractivity contribution in [2.24, 2.45) is 0 Å². The van der Waals surface area contributed by atoms with Crippen molar-refractivity contribution in [3.05, 3.63) is 71.8 Å². The van der Waals surface area contributed by atoms with Crippen LogP contribution in [-0.4, -0.2) is 19.1 Å². The summed E-state index contributed by atoms with van der Waals surface area (Å²) in [6, 6.07) is 18.6. The SMILES string of the molecule is O=C(c1ccccc1)c1ccccc1.O=S([O-])O.[K+]. The summed E-state index contributed by atoms with van der Waals surface area (Å²) in [5.41, 5.74) is 1.47. The fourth-order valence-electron chi connectivity index (χ4n) is 1.35. The summed E-state index contributed by atoms with van der Waals surface area (Å²) in [4.78, 5) is 11.8. The van der Waals surface area contributed by atoms with Crippen molar-refractivity contribution in [1.82, 2.24) is 0 Å². The molecule has 1 N–H and O–H groups in total. The molecule has 0 aliphatic heterocycles. The van der Waals surface area contributed by atoms with Crippen molar-refractivity contribution in [2.45, 2.75) is 0 Å². The van der Waals surface area contributed by atoms with Crippen LogP contribution in [0.25, 0.3) is 0 Å². The van der Waals surface area contributed by atoms with E-state index in [1.165, 1.54) is 0 Å². The molecule has 2 rings (SSSR count). The summed E-state index contributed by atoms with van der Waals surface area (Å²) in [7, 11) is 0. The van der Waals surface area contributed by atoms with Crippen LogP contribution in [-0.2, 0) is 11.4 Å². The molecule has 0 amide bonds. The molecule has 0 aliphatic carbocycles. The molecule has 0 saturated heterocycles. The Bertz CT molecular complexity index is 471. The zero-order valence-corrected chi connectivity index (χ0v) is 14.3. The van der Waals surface area contributed by atoms with Gasteiger partial charge in [0.2, 0.25) is 0 Å². The van der Waals surface area contributed by atoms with E-state index >= 15 is 0 Å². The van der Waals surface area contributed by atoms with E-state index in [1.807, 2.05) is 60.7 Å². The molecule has 1 unspecified atom stereocenters. The Morgan fingerprint density at radius 1 is 0.895 bits per heavy atom. The maximum atomic E-state index is 11.8. The number of ketones is 1. The maximum Gasteiger partial charge on any atom is 1.00 e. The minimum absolute atomic E-state index is 0. The molecule has 2 aromatic rings. The molecule has 0 radical (unpaired) electrons. The van der Waals surface area contributed by atoms with Gasteiger partial charge in [0.05, 0.1) is 11.4 Å². The Labute approximate surface area is 156 Å². The average Bonchev–Trinajstić information content (AvgIpc) is 2.39. The molecule has 0 fully saturated rings. The Kier molecular flexibility index (Phi) is 10.5. The predicted molar refractivity (Wildman–Crippen MR) is 67.9 cm³/mol. The van der Waals surface area contributed by atoms with Gasteiger partial charge in [-0.25, -0.2) is 4.21 Å². The second-order valence-electron chi connectivity index (χ2n) is 3.28. The molecule has 0 bridgehead atoms. The molecule has 0 aliphatic rings. The molecule has 2 aromatic carbocycles. The molecule has 0 heterocycles. The molecule has 19 heavy (non-hydrogen) atoms. The monoisotopic (exact) mass is 302 g/mol. The molecule has 4 nitrogen and oxygen atoms in total. The van der Waals surface area contributed by atoms with E-state index in [-0.39, 0.29) is 57.2 Å². The van der Waals surface area contributed by atoms with Gasteiger partial charge in [0, 0.05) is 11.1 Å². The molecule has 94 valence electrons. The second kappa shape index (κ2) is 10.6. The third-order valence-corrected chi connectivity index (χ3v) is 2.07. The summed E-state index contributed by atoms with van der Waals surface area (Å²) in [5, 5.41) is 0. The van der Waals surface area contributed by atoms with Gasteiger partial charge in [0.1, 0.15) is 0 Å². The molecule has 0 spiro atoms. The third kappa shape index (κ3) is 7.86. The van der Waals surface area contributed by atoms with Crippen molar-refractivity contribution in [1.29, 1.82) is 0 Å². The van der Waals surface area contributed by atoms with Crippen molar-refractivity contribution in [2.75, 3.05) is 0 Å². The second-order valence-corrected chi connectivity index (χ2v) is 3.71. The number of carbonyl (C=O) groups is 1. The molecule has 6 heteroatoms. The first-order valence-corrected chi connectivity index (χ1v) is 6.07. The minimum atomic E-state index is -2.86. The van der Waals surface area contributed by atoms with E-state index in [0.717, 1.165) is 11.1 Å². The largest absolute Gasteiger partial charge is 1.00 e. The van der Waals surface area contributed by atoms with Gasteiger partial charge < -0.3 is 9.11 Å². The van der Waals surface area contributed by atoms with Crippen LogP contribution >= 0.6 is 0 Å². The van der Waals surface area contributed by atoms with Crippen LogP contribution in [0.15, 0.2) is 60.7 Å². The van der Waals surface area contributed by atoms with Gasteiger partial charge >= 0.3 is 51.4 Å². The summed E-state index contributed by atoms with van der Waals surface area (Å²) >= 11 is -2.86. The average molecular weight is 302 g/mol. The predicted octanol–water partition coefficient (Wildman–Crippen LogP) is -0.740. The molecular weight excluding hydrogens is 291 g/mol. The Hall–Kier alpha value is -0.184. The van der Waals surface area contributed by atoms with Crippen molar-refractivity contribution < 1.29 is 69.5 Å². The first kappa shape index (κ1) is 18.8. The molecular formula is C13H11KO4S. The summed E-state index contributed by atoms with van der Waals surface area (Å²) in [6.45, 7) is 0.